The summed E-state index contributed by atoms with van der Waals surface area (Å²) in [7, 11) is 0. The van der Waals surface area contributed by atoms with Crippen LogP contribution in [0.15, 0.2) is 24.3 Å². The van der Waals surface area contributed by atoms with Crippen molar-refractivity contribution in [2.75, 3.05) is 32.7 Å². The van der Waals surface area contributed by atoms with E-state index in [0.29, 0.717) is 0 Å². The Morgan fingerprint density at radius 2 is 2.05 bits per heavy atom. The van der Waals surface area contributed by atoms with Crippen LogP contribution in [0.5, 0.6) is 0 Å². The molecule has 2 rings (SSSR count). The molecule has 0 aliphatic carbocycles. The maximum absolute atomic E-state index is 13.2. The molecule has 0 aromatic heterocycles. The lowest BCUT2D eigenvalue weighted by Gasteiger charge is -2.30. The molecule has 1 aliphatic rings. The van der Waals surface area contributed by atoms with E-state index in [2.05, 4.69) is 17.1 Å². The quantitative estimate of drug-likeness (QED) is 0.824. The van der Waals surface area contributed by atoms with E-state index < -0.39 is 0 Å². The summed E-state index contributed by atoms with van der Waals surface area (Å²) in [6.45, 7) is 7.95. The van der Waals surface area contributed by atoms with Crippen LogP contribution in [0.1, 0.15) is 31.7 Å². The zero-order chi connectivity index (χ0) is 14.2. The highest BCUT2D eigenvalue weighted by Crippen LogP contribution is 2.14. The summed E-state index contributed by atoms with van der Waals surface area (Å²) in [6.07, 6.45) is 4.72. The average molecular weight is 278 g/mol. The Morgan fingerprint density at radius 1 is 1.25 bits per heavy atom. The molecule has 0 amide bonds. The van der Waals surface area contributed by atoms with Gasteiger partial charge in [-0.3, -0.25) is 0 Å². The van der Waals surface area contributed by atoms with Gasteiger partial charge in [-0.05, 0) is 68.9 Å². The van der Waals surface area contributed by atoms with Gasteiger partial charge >= 0.3 is 0 Å². The number of nitrogens with one attached hydrogen (secondary N) is 1. The molecule has 1 aliphatic heterocycles. The highest BCUT2D eigenvalue weighted by atomic mass is 19.1. The fourth-order valence-electron chi connectivity index (χ4n) is 3.02. The van der Waals surface area contributed by atoms with Gasteiger partial charge < -0.3 is 10.2 Å². The van der Waals surface area contributed by atoms with Gasteiger partial charge in [-0.15, -0.1) is 0 Å². The normalized spacial score (nSPS) is 16.8. The van der Waals surface area contributed by atoms with Crippen LogP contribution in [0, 0.1) is 11.7 Å². The van der Waals surface area contributed by atoms with Gasteiger partial charge in [0, 0.05) is 13.1 Å². The Labute approximate surface area is 122 Å². The molecule has 2 nitrogen and oxygen atoms in total. The first kappa shape index (κ1) is 15.5. The third kappa shape index (κ3) is 5.22. The zero-order valence-electron chi connectivity index (χ0n) is 12.6. The van der Waals surface area contributed by atoms with E-state index in [1.165, 1.54) is 31.9 Å². The molecule has 1 aromatic rings. The number of benzene rings is 1. The fourth-order valence-corrected chi connectivity index (χ4v) is 3.02. The molecule has 0 spiro atoms. The Balaban J connectivity index is 1.81. The van der Waals surface area contributed by atoms with Crippen LogP contribution in [-0.4, -0.2) is 37.6 Å². The van der Waals surface area contributed by atoms with Gasteiger partial charge in [-0.25, -0.2) is 4.39 Å². The van der Waals surface area contributed by atoms with Crippen molar-refractivity contribution >= 4 is 0 Å². The highest BCUT2D eigenvalue weighted by molar-refractivity contribution is 5.16. The Bertz CT molecular complexity index is 388. The number of hydrogen-bond donors (Lipinski definition) is 1. The molecule has 0 atom stereocenters. The first-order valence-electron chi connectivity index (χ1n) is 7.95. The summed E-state index contributed by atoms with van der Waals surface area (Å²) in [5.41, 5.74) is 1.11. The smallest absolute Gasteiger partial charge is 0.123 e. The second-order valence-corrected chi connectivity index (χ2v) is 5.87. The van der Waals surface area contributed by atoms with Crippen molar-refractivity contribution in [2.45, 2.75) is 32.6 Å². The van der Waals surface area contributed by atoms with Crippen LogP contribution in [-0.2, 0) is 6.42 Å². The van der Waals surface area contributed by atoms with Gasteiger partial charge in [0.05, 0.1) is 0 Å². The third-order valence-electron chi connectivity index (χ3n) is 4.12. The van der Waals surface area contributed by atoms with E-state index >= 15 is 0 Å². The number of nitrogens with zero attached hydrogens (tertiary/aromatic N) is 1. The second-order valence-electron chi connectivity index (χ2n) is 5.87. The zero-order valence-corrected chi connectivity index (χ0v) is 12.6. The summed E-state index contributed by atoms with van der Waals surface area (Å²) in [4.78, 5) is 2.56. The Hall–Kier alpha value is -0.930. The fraction of sp³-hybridized carbons (Fsp3) is 0.647. The van der Waals surface area contributed by atoms with Crippen molar-refractivity contribution in [1.29, 1.82) is 0 Å². The molecule has 1 saturated heterocycles. The van der Waals surface area contributed by atoms with E-state index in [9.17, 15) is 4.39 Å². The van der Waals surface area contributed by atoms with E-state index in [-0.39, 0.29) is 5.82 Å². The van der Waals surface area contributed by atoms with Crippen molar-refractivity contribution < 1.29 is 4.39 Å². The molecule has 0 saturated carbocycles. The van der Waals surface area contributed by atoms with Crippen molar-refractivity contribution in [3.63, 3.8) is 0 Å². The summed E-state index contributed by atoms with van der Waals surface area (Å²) in [5, 5.41) is 3.42. The molecule has 3 heteroatoms. The van der Waals surface area contributed by atoms with Gasteiger partial charge in [-0.1, -0.05) is 19.1 Å². The second kappa shape index (κ2) is 8.38. The summed E-state index contributed by atoms with van der Waals surface area (Å²) < 4.78 is 13.2. The van der Waals surface area contributed by atoms with Gasteiger partial charge in [0.1, 0.15) is 5.82 Å². The number of halogens is 1. The van der Waals surface area contributed by atoms with Crippen LogP contribution in [0.3, 0.4) is 0 Å². The first-order chi connectivity index (χ1) is 9.78. The average Bonchev–Trinajstić information content (AvgIpc) is 2.46. The SMILES string of the molecule is CCCN(CCc1cccc(F)c1)CC1CCNCC1. The molecule has 0 unspecified atom stereocenters. The molecule has 0 bridgehead atoms. The van der Waals surface area contributed by atoms with Crippen LogP contribution in [0.4, 0.5) is 4.39 Å². The van der Waals surface area contributed by atoms with Gasteiger partial charge in [0.25, 0.3) is 0 Å². The van der Waals surface area contributed by atoms with Crippen LogP contribution >= 0.6 is 0 Å². The van der Waals surface area contributed by atoms with Crippen LogP contribution in [0.25, 0.3) is 0 Å². The predicted molar refractivity (Wildman–Crippen MR) is 82.4 cm³/mol. The molecule has 0 radical (unpaired) electrons. The molecule has 1 aromatic carbocycles. The number of piperidine rings is 1. The minimum Gasteiger partial charge on any atom is -0.317 e. The summed E-state index contributed by atoms with van der Waals surface area (Å²) in [5.74, 6) is 0.707. The Kier molecular flexibility index (Phi) is 6.48. The first-order valence-corrected chi connectivity index (χ1v) is 7.95. The highest BCUT2D eigenvalue weighted by Gasteiger charge is 2.16. The van der Waals surface area contributed by atoms with Crippen LogP contribution < -0.4 is 5.32 Å². The van der Waals surface area contributed by atoms with E-state index in [4.69, 9.17) is 0 Å². The minimum absolute atomic E-state index is 0.122. The van der Waals surface area contributed by atoms with Crippen molar-refractivity contribution in [3.05, 3.63) is 35.6 Å². The topological polar surface area (TPSA) is 15.3 Å². The maximum Gasteiger partial charge on any atom is 0.123 e. The predicted octanol–water partition coefficient (Wildman–Crippen LogP) is 3.08. The number of hydrogen-bond acceptors (Lipinski definition) is 2. The van der Waals surface area contributed by atoms with E-state index in [0.717, 1.165) is 44.1 Å². The monoisotopic (exact) mass is 278 g/mol. The van der Waals surface area contributed by atoms with Crippen molar-refractivity contribution in [1.82, 2.24) is 10.2 Å². The van der Waals surface area contributed by atoms with E-state index in [1.54, 1.807) is 6.07 Å². The lowest BCUT2D eigenvalue weighted by Crippen LogP contribution is -2.37. The Morgan fingerprint density at radius 3 is 2.75 bits per heavy atom. The number of rotatable bonds is 7. The maximum atomic E-state index is 13.2. The standard InChI is InChI=1S/C17H27FN2/c1-2-11-20(14-16-6-9-19-10-7-16)12-8-15-4-3-5-17(18)13-15/h3-5,13,16,19H,2,6-12,14H2,1H3. The lowest BCUT2D eigenvalue weighted by molar-refractivity contribution is 0.207. The summed E-state index contributed by atoms with van der Waals surface area (Å²) >= 11 is 0. The minimum atomic E-state index is -0.122. The van der Waals surface area contributed by atoms with Gasteiger partial charge in [0.15, 0.2) is 0 Å². The summed E-state index contributed by atoms with van der Waals surface area (Å²) in [6, 6.07) is 7.01. The third-order valence-corrected chi connectivity index (χ3v) is 4.12. The van der Waals surface area contributed by atoms with Gasteiger partial charge in [-0.2, -0.15) is 0 Å². The molecule has 112 valence electrons. The molecular weight excluding hydrogens is 251 g/mol. The molecule has 1 N–H and O–H groups in total. The largest absolute Gasteiger partial charge is 0.317 e. The molecule has 1 fully saturated rings. The molecular formula is C17H27FN2. The van der Waals surface area contributed by atoms with Crippen molar-refractivity contribution in [2.24, 2.45) is 5.92 Å². The molecule has 1 heterocycles. The lowest BCUT2D eigenvalue weighted by atomic mass is 9.97. The molecule has 20 heavy (non-hydrogen) atoms. The van der Waals surface area contributed by atoms with E-state index in [1.807, 2.05) is 12.1 Å². The van der Waals surface area contributed by atoms with Crippen LogP contribution in [0.2, 0.25) is 0 Å². The van der Waals surface area contributed by atoms with Gasteiger partial charge in [0.2, 0.25) is 0 Å². The van der Waals surface area contributed by atoms with Crippen molar-refractivity contribution in [3.8, 4) is 0 Å².